The monoisotopic (exact) mass is 328 g/mol. The van der Waals surface area contributed by atoms with Gasteiger partial charge in [0.1, 0.15) is 5.82 Å². The van der Waals surface area contributed by atoms with Gasteiger partial charge in [0.25, 0.3) is 0 Å². The first-order valence-electron chi connectivity index (χ1n) is 6.89. The molecule has 1 saturated heterocycles. The molecule has 19 heavy (non-hydrogen) atoms. The molecule has 1 aromatic rings. The fraction of sp³-hybridized carbons (Fsp3) is 0.625. The first kappa shape index (κ1) is 15.0. The van der Waals surface area contributed by atoms with E-state index in [1.807, 2.05) is 13.8 Å². The molecule has 1 aliphatic rings. The summed E-state index contributed by atoms with van der Waals surface area (Å²) in [5.41, 5.74) is 3.24. The van der Waals surface area contributed by atoms with Gasteiger partial charge in [-0.1, -0.05) is 22.9 Å². The third kappa shape index (κ3) is 2.73. The second kappa shape index (κ2) is 5.53. The standard InChI is InChI=1S/C16H22BrFO/c1-8-6-13(18)7-9(2)14(8)16(17)15-10(3)11(4)19-12(15)5/h6-7,10-12,15-16H,1-5H3. The number of ether oxygens (including phenoxy) is 1. The second-order valence-corrected chi connectivity index (χ2v) is 6.82. The minimum absolute atomic E-state index is 0.157. The molecule has 2 rings (SSSR count). The van der Waals surface area contributed by atoms with Gasteiger partial charge in [0.15, 0.2) is 0 Å². The van der Waals surface area contributed by atoms with E-state index in [4.69, 9.17) is 4.74 Å². The van der Waals surface area contributed by atoms with Gasteiger partial charge in [-0.15, -0.1) is 0 Å². The maximum absolute atomic E-state index is 13.4. The van der Waals surface area contributed by atoms with Crippen molar-refractivity contribution < 1.29 is 9.13 Å². The van der Waals surface area contributed by atoms with Crippen molar-refractivity contribution in [3.63, 3.8) is 0 Å². The zero-order valence-electron chi connectivity index (χ0n) is 12.2. The Kier molecular flexibility index (Phi) is 4.36. The fourth-order valence-electron chi connectivity index (χ4n) is 3.35. The number of alkyl halides is 1. The molecule has 5 unspecified atom stereocenters. The van der Waals surface area contributed by atoms with E-state index in [0.29, 0.717) is 11.8 Å². The summed E-state index contributed by atoms with van der Waals surface area (Å²) in [6.07, 6.45) is 0.499. The summed E-state index contributed by atoms with van der Waals surface area (Å²) >= 11 is 3.84. The van der Waals surface area contributed by atoms with E-state index >= 15 is 0 Å². The molecule has 3 heteroatoms. The highest BCUT2D eigenvalue weighted by atomic mass is 79.9. The fourth-order valence-corrected chi connectivity index (χ4v) is 4.98. The van der Waals surface area contributed by atoms with Crippen molar-refractivity contribution in [2.45, 2.75) is 51.7 Å². The molecule has 0 amide bonds. The van der Waals surface area contributed by atoms with E-state index in [1.54, 1.807) is 12.1 Å². The predicted molar refractivity (Wildman–Crippen MR) is 80.2 cm³/mol. The zero-order valence-corrected chi connectivity index (χ0v) is 13.8. The van der Waals surface area contributed by atoms with Crippen molar-refractivity contribution in [3.8, 4) is 0 Å². The minimum atomic E-state index is -0.157. The van der Waals surface area contributed by atoms with Gasteiger partial charge in [0.05, 0.1) is 12.2 Å². The maximum atomic E-state index is 13.4. The first-order chi connectivity index (χ1) is 8.82. The summed E-state index contributed by atoms with van der Waals surface area (Å²) in [4.78, 5) is 0.211. The largest absolute Gasteiger partial charge is 0.375 e. The quantitative estimate of drug-likeness (QED) is 0.699. The number of rotatable bonds is 2. The van der Waals surface area contributed by atoms with Crippen molar-refractivity contribution in [1.29, 1.82) is 0 Å². The molecule has 0 aliphatic carbocycles. The molecule has 0 aromatic heterocycles. The van der Waals surface area contributed by atoms with E-state index < -0.39 is 0 Å². The van der Waals surface area contributed by atoms with Crippen molar-refractivity contribution >= 4 is 15.9 Å². The third-order valence-corrected chi connectivity index (χ3v) is 5.56. The van der Waals surface area contributed by atoms with E-state index in [1.165, 1.54) is 5.56 Å². The smallest absolute Gasteiger partial charge is 0.123 e. The van der Waals surface area contributed by atoms with Crippen molar-refractivity contribution in [3.05, 3.63) is 34.6 Å². The van der Waals surface area contributed by atoms with Crippen LogP contribution in [-0.2, 0) is 4.74 Å². The molecule has 0 bridgehead atoms. The third-order valence-electron chi connectivity index (χ3n) is 4.49. The Morgan fingerprint density at radius 3 is 2.05 bits per heavy atom. The SMILES string of the molecule is Cc1cc(F)cc(C)c1C(Br)C1C(C)OC(C)C1C. The van der Waals surface area contributed by atoms with Crippen LogP contribution in [-0.4, -0.2) is 12.2 Å². The maximum Gasteiger partial charge on any atom is 0.123 e. The Morgan fingerprint density at radius 2 is 1.63 bits per heavy atom. The lowest BCUT2D eigenvalue weighted by Crippen LogP contribution is -2.23. The van der Waals surface area contributed by atoms with E-state index in [0.717, 1.165) is 11.1 Å². The predicted octanol–water partition coefficient (Wildman–Crippen LogP) is 4.94. The van der Waals surface area contributed by atoms with Crippen molar-refractivity contribution in [1.82, 2.24) is 0 Å². The molecule has 0 radical (unpaired) electrons. The van der Waals surface area contributed by atoms with Crippen molar-refractivity contribution in [2.24, 2.45) is 11.8 Å². The van der Waals surface area contributed by atoms with Crippen LogP contribution in [0.4, 0.5) is 4.39 Å². The molecule has 1 heterocycles. The molecule has 106 valence electrons. The number of halogens is 2. The first-order valence-corrected chi connectivity index (χ1v) is 7.80. The molecule has 1 aromatic carbocycles. The molecule has 0 saturated carbocycles. The van der Waals surface area contributed by atoms with E-state index in [2.05, 4.69) is 36.7 Å². The van der Waals surface area contributed by atoms with Gasteiger partial charge >= 0.3 is 0 Å². The molecule has 5 atom stereocenters. The average molecular weight is 329 g/mol. The number of benzene rings is 1. The topological polar surface area (TPSA) is 9.23 Å². The lowest BCUT2D eigenvalue weighted by molar-refractivity contribution is 0.0511. The molecular weight excluding hydrogens is 307 g/mol. The molecule has 1 fully saturated rings. The van der Waals surface area contributed by atoms with Crippen LogP contribution in [0.5, 0.6) is 0 Å². The molecular formula is C16H22BrFO. The Labute approximate surface area is 123 Å². The number of hydrogen-bond donors (Lipinski definition) is 0. The highest BCUT2D eigenvalue weighted by molar-refractivity contribution is 9.09. The Morgan fingerprint density at radius 1 is 1.11 bits per heavy atom. The van der Waals surface area contributed by atoms with Crippen LogP contribution in [0.15, 0.2) is 12.1 Å². The van der Waals surface area contributed by atoms with E-state index in [9.17, 15) is 4.39 Å². The number of aryl methyl sites for hydroxylation is 2. The normalized spacial score (nSPS) is 32.6. The summed E-state index contributed by atoms with van der Waals surface area (Å²) < 4.78 is 19.4. The van der Waals surface area contributed by atoms with Gasteiger partial charge in [-0.05, 0) is 62.4 Å². The van der Waals surface area contributed by atoms with Gasteiger partial charge in [-0.3, -0.25) is 0 Å². The van der Waals surface area contributed by atoms with E-state index in [-0.39, 0.29) is 22.9 Å². The summed E-state index contributed by atoms with van der Waals surface area (Å²) in [5, 5.41) is 0. The lowest BCUT2D eigenvalue weighted by Gasteiger charge is -2.27. The summed E-state index contributed by atoms with van der Waals surface area (Å²) in [7, 11) is 0. The van der Waals surface area contributed by atoms with Gasteiger partial charge in [-0.2, -0.15) is 0 Å². The van der Waals surface area contributed by atoms with Gasteiger partial charge < -0.3 is 4.74 Å². The Bertz CT molecular complexity index is 451. The highest BCUT2D eigenvalue weighted by Gasteiger charge is 2.41. The number of hydrogen-bond acceptors (Lipinski definition) is 1. The average Bonchev–Trinajstić information content (AvgIpc) is 2.51. The summed E-state index contributed by atoms with van der Waals surface area (Å²) in [6, 6.07) is 3.23. The van der Waals surface area contributed by atoms with Crippen molar-refractivity contribution in [2.75, 3.05) is 0 Å². The van der Waals surface area contributed by atoms with Gasteiger partial charge in [0.2, 0.25) is 0 Å². The molecule has 0 spiro atoms. The van der Waals surface area contributed by atoms with Crippen LogP contribution < -0.4 is 0 Å². The lowest BCUT2D eigenvalue weighted by atomic mass is 9.82. The molecule has 0 N–H and O–H groups in total. The van der Waals surface area contributed by atoms with Crippen LogP contribution in [0, 0.1) is 31.5 Å². The van der Waals surface area contributed by atoms with Crippen LogP contribution in [0.1, 0.15) is 42.3 Å². The second-order valence-electron chi connectivity index (χ2n) is 5.84. The zero-order chi connectivity index (χ0) is 14.3. The summed E-state index contributed by atoms with van der Waals surface area (Å²) in [5.74, 6) is 0.747. The van der Waals surface area contributed by atoms with Crippen LogP contribution in [0.2, 0.25) is 0 Å². The minimum Gasteiger partial charge on any atom is -0.375 e. The summed E-state index contributed by atoms with van der Waals surface area (Å²) in [6.45, 7) is 10.5. The Balaban J connectivity index is 2.37. The van der Waals surface area contributed by atoms with Crippen LogP contribution in [0.25, 0.3) is 0 Å². The van der Waals surface area contributed by atoms with Gasteiger partial charge in [0, 0.05) is 10.7 Å². The molecule has 1 aliphatic heterocycles. The highest BCUT2D eigenvalue weighted by Crippen LogP contribution is 2.46. The van der Waals surface area contributed by atoms with Gasteiger partial charge in [-0.25, -0.2) is 4.39 Å². The Hall–Kier alpha value is -0.410. The molecule has 1 nitrogen and oxygen atoms in total. The van der Waals surface area contributed by atoms with Crippen LogP contribution >= 0.6 is 15.9 Å². The van der Waals surface area contributed by atoms with Crippen LogP contribution in [0.3, 0.4) is 0 Å².